The maximum absolute atomic E-state index is 9.79. The van der Waals surface area contributed by atoms with E-state index in [2.05, 4.69) is 38.1 Å². The summed E-state index contributed by atoms with van der Waals surface area (Å²) in [7, 11) is -3.67. The third-order valence-corrected chi connectivity index (χ3v) is 2.56. The number of benzene rings is 1. The highest BCUT2D eigenvalue weighted by atomic mass is 32.2. The summed E-state index contributed by atoms with van der Waals surface area (Å²) in [5.41, 5.74) is 2.68. The van der Waals surface area contributed by atoms with Crippen LogP contribution < -0.4 is 0 Å². The zero-order valence-corrected chi connectivity index (χ0v) is 10.2. The highest BCUT2D eigenvalue weighted by molar-refractivity contribution is 7.85. The van der Waals surface area contributed by atoms with Crippen LogP contribution in [-0.2, 0) is 10.1 Å². The Bertz CT molecular complexity index is 365. The zero-order valence-electron chi connectivity index (χ0n) is 9.40. The Kier molecular flexibility index (Phi) is 6.20. The lowest BCUT2D eigenvalue weighted by Gasteiger charge is -1.90. The molecule has 1 aromatic rings. The molecule has 1 aromatic carbocycles. The van der Waals surface area contributed by atoms with Crippen molar-refractivity contribution < 1.29 is 13.0 Å². The molecule has 0 aliphatic heterocycles. The van der Waals surface area contributed by atoms with E-state index in [9.17, 15) is 8.42 Å². The highest BCUT2D eigenvalue weighted by Crippen LogP contribution is 2.00. The van der Waals surface area contributed by atoms with E-state index in [1.54, 1.807) is 6.92 Å². The van der Waals surface area contributed by atoms with Crippen LogP contribution in [0.5, 0.6) is 0 Å². The first-order chi connectivity index (χ1) is 6.85. The van der Waals surface area contributed by atoms with E-state index in [0.717, 1.165) is 0 Å². The minimum atomic E-state index is -3.67. The molecule has 0 bridgehead atoms. The van der Waals surface area contributed by atoms with Gasteiger partial charge in [0.15, 0.2) is 0 Å². The molecule has 3 nitrogen and oxygen atoms in total. The standard InChI is InChI=1S/C8H10.C3H8O3S/c1-7-4-3-5-8(2)6-7;1-2-3-7(4,5)6/h3-6H,1-2H3;2-3H2,1H3,(H,4,5,6). The number of aryl methyl sites for hydroxylation is 2. The first-order valence-electron chi connectivity index (χ1n) is 4.83. The van der Waals surface area contributed by atoms with Gasteiger partial charge in [-0.15, -0.1) is 0 Å². The van der Waals surface area contributed by atoms with Crippen LogP contribution in [0.3, 0.4) is 0 Å². The van der Waals surface area contributed by atoms with Gasteiger partial charge in [-0.2, -0.15) is 8.42 Å². The topological polar surface area (TPSA) is 54.4 Å². The van der Waals surface area contributed by atoms with Gasteiger partial charge in [0.2, 0.25) is 0 Å². The third-order valence-electron chi connectivity index (χ3n) is 1.64. The highest BCUT2D eigenvalue weighted by Gasteiger charge is 1.98. The summed E-state index contributed by atoms with van der Waals surface area (Å²) in [6, 6.07) is 8.45. The summed E-state index contributed by atoms with van der Waals surface area (Å²) in [4.78, 5) is 0. The molecular weight excluding hydrogens is 212 g/mol. The van der Waals surface area contributed by atoms with Gasteiger partial charge in [0.05, 0.1) is 5.75 Å². The Morgan fingerprint density at radius 2 is 1.67 bits per heavy atom. The van der Waals surface area contributed by atoms with Crippen molar-refractivity contribution in [1.82, 2.24) is 0 Å². The van der Waals surface area contributed by atoms with Crippen molar-refractivity contribution in [2.24, 2.45) is 0 Å². The van der Waals surface area contributed by atoms with Crippen molar-refractivity contribution in [2.75, 3.05) is 5.75 Å². The molecule has 0 saturated carbocycles. The molecule has 15 heavy (non-hydrogen) atoms. The summed E-state index contributed by atoms with van der Waals surface area (Å²) in [6.07, 6.45) is 0.471. The van der Waals surface area contributed by atoms with Gasteiger partial charge < -0.3 is 0 Å². The Balaban J connectivity index is 0.000000265. The van der Waals surface area contributed by atoms with E-state index in [1.165, 1.54) is 11.1 Å². The lowest BCUT2D eigenvalue weighted by molar-refractivity contribution is 0.482. The van der Waals surface area contributed by atoms with Gasteiger partial charge in [0.25, 0.3) is 10.1 Å². The summed E-state index contributed by atoms with van der Waals surface area (Å²) in [6.45, 7) is 5.90. The molecule has 1 N–H and O–H groups in total. The minimum Gasteiger partial charge on any atom is -0.286 e. The van der Waals surface area contributed by atoms with Crippen LogP contribution in [0.4, 0.5) is 0 Å². The zero-order chi connectivity index (χ0) is 11.9. The fourth-order valence-corrected chi connectivity index (χ4v) is 1.58. The van der Waals surface area contributed by atoms with Crippen molar-refractivity contribution in [3.05, 3.63) is 35.4 Å². The molecule has 0 radical (unpaired) electrons. The van der Waals surface area contributed by atoms with Crippen LogP contribution in [0, 0.1) is 13.8 Å². The van der Waals surface area contributed by atoms with Crippen LogP contribution in [-0.4, -0.2) is 18.7 Å². The first kappa shape index (κ1) is 14.1. The Hall–Kier alpha value is -0.870. The second-order valence-electron chi connectivity index (χ2n) is 3.44. The van der Waals surface area contributed by atoms with E-state index in [1.807, 2.05) is 0 Å². The maximum atomic E-state index is 9.79. The molecule has 0 aliphatic carbocycles. The Labute approximate surface area is 91.9 Å². The Morgan fingerprint density at radius 3 is 1.80 bits per heavy atom. The summed E-state index contributed by atoms with van der Waals surface area (Å²) >= 11 is 0. The van der Waals surface area contributed by atoms with Crippen molar-refractivity contribution in [3.8, 4) is 0 Å². The fraction of sp³-hybridized carbons (Fsp3) is 0.455. The molecule has 86 valence electrons. The lowest BCUT2D eigenvalue weighted by atomic mass is 10.2. The normalized spacial score (nSPS) is 10.4. The van der Waals surface area contributed by atoms with Crippen molar-refractivity contribution in [3.63, 3.8) is 0 Å². The summed E-state index contributed by atoms with van der Waals surface area (Å²) < 4.78 is 27.6. The fourth-order valence-electron chi connectivity index (χ4n) is 1.06. The molecule has 0 unspecified atom stereocenters. The second-order valence-corrected chi connectivity index (χ2v) is 5.02. The van der Waals surface area contributed by atoms with Crippen molar-refractivity contribution in [2.45, 2.75) is 27.2 Å². The van der Waals surface area contributed by atoms with Crippen molar-refractivity contribution >= 4 is 10.1 Å². The predicted molar refractivity (Wildman–Crippen MR) is 62.6 cm³/mol. The molecule has 0 heterocycles. The largest absolute Gasteiger partial charge is 0.286 e. The molecule has 0 atom stereocenters. The van der Waals surface area contributed by atoms with Crippen molar-refractivity contribution in [1.29, 1.82) is 0 Å². The van der Waals surface area contributed by atoms with Gasteiger partial charge in [-0.3, -0.25) is 4.55 Å². The van der Waals surface area contributed by atoms with E-state index in [0.29, 0.717) is 6.42 Å². The molecule has 0 amide bonds. The number of hydrogen-bond donors (Lipinski definition) is 1. The van der Waals surface area contributed by atoms with Crippen LogP contribution in [0.25, 0.3) is 0 Å². The van der Waals surface area contributed by atoms with Crippen LogP contribution in [0.15, 0.2) is 24.3 Å². The minimum absolute atomic E-state index is 0.132. The Morgan fingerprint density at radius 1 is 1.20 bits per heavy atom. The molecule has 0 aromatic heterocycles. The summed E-state index contributed by atoms with van der Waals surface area (Å²) in [5.74, 6) is -0.132. The molecule has 0 saturated heterocycles. The van der Waals surface area contributed by atoms with E-state index in [-0.39, 0.29) is 5.75 Å². The average Bonchev–Trinajstić information content (AvgIpc) is 2.01. The molecule has 1 rings (SSSR count). The van der Waals surface area contributed by atoms with E-state index in [4.69, 9.17) is 4.55 Å². The van der Waals surface area contributed by atoms with Gasteiger partial charge >= 0.3 is 0 Å². The lowest BCUT2D eigenvalue weighted by Crippen LogP contribution is -2.01. The first-order valence-corrected chi connectivity index (χ1v) is 6.44. The van der Waals surface area contributed by atoms with Gasteiger partial charge in [-0.25, -0.2) is 0 Å². The number of hydrogen-bond acceptors (Lipinski definition) is 2. The SMILES string of the molecule is CCCS(=O)(=O)O.Cc1cccc(C)c1. The second kappa shape index (κ2) is 6.58. The van der Waals surface area contributed by atoms with Gasteiger partial charge in [-0.1, -0.05) is 42.3 Å². The summed E-state index contributed by atoms with van der Waals surface area (Å²) in [5, 5.41) is 0. The molecule has 0 spiro atoms. The molecule has 4 heteroatoms. The van der Waals surface area contributed by atoms with E-state index < -0.39 is 10.1 Å². The quantitative estimate of drug-likeness (QED) is 0.794. The van der Waals surface area contributed by atoms with E-state index >= 15 is 0 Å². The van der Waals surface area contributed by atoms with Gasteiger partial charge in [0.1, 0.15) is 0 Å². The third kappa shape index (κ3) is 9.43. The smallest absolute Gasteiger partial charge is 0.264 e. The molecule has 0 fully saturated rings. The maximum Gasteiger partial charge on any atom is 0.264 e. The van der Waals surface area contributed by atoms with Crippen LogP contribution in [0.1, 0.15) is 24.5 Å². The molecular formula is C11H18O3S. The monoisotopic (exact) mass is 230 g/mol. The predicted octanol–water partition coefficient (Wildman–Crippen LogP) is 2.59. The van der Waals surface area contributed by atoms with Crippen LogP contribution in [0.2, 0.25) is 0 Å². The van der Waals surface area contributed by atoms with Gasteiger partial charge in [-0.05, 0) is 20.3 Å². The van der Waals surface area contributed by atoms with Crippen LogP contribution >= 0.6 is 0 Å². The number of rotatable bonds is 2. The molecule has 0 aliphatic rings. The average molecular weight is 230 g/mol. The van der Waals surface area contributed by atoms with Gasteiger partial charge in [0, 0.05) is 0 Å².